The lowest BCUT2D eigenvalue weighted by atomic mass is 9.83. The van der Waals surface area contributed by atoms with E-state index in [1.54, 1.807) is 0 Å². The average molecular weight is 167 g/mol. The zero-order valence-electron chi connectivity index (χ0n) is 7.51. The Morgan fingerprint density at radius 1 is 1.33 bits per heavy atom. The summed E-state index contributed by atoms with van der Waals surface area (Å²) in [4.78, 5) is 0. The van der Waals surface area contributed by atoms with Crippen molar-refractivity contribution in [2.45, 2.75) is 31.3 Å². The molecule has 12 heavy (non-hydrogen) atoms. The van der Waals surface area contributed by atoms with Gasteiger partial charge in [0.05, 0.1) is 12.2 Å². The molecule has 68 valence electrons. The summed E-state index contributed by atoms with van der Waals surface area (Å²) < 4.78 is 6.00. The maximum Gasteiger partial charge on any atom is 0.0837 e. The lowest BCUT2D eigenvalue weighted by Gasteiger charge is -2.41. The van der Waals surface area contributed by atoms with Crippen LogP contribution in [0, 0.1) is 11.8 Å². The first-order valence-corrected chi connectivity index (χ1v) is 5.24. The summed E-state index contributed by atoms with van der Waals surface area (Å²) in [6.45, 7) is 3.11. The number of morpholine rings is 1. The molecule has 0 aromatic heterocycles. The van der Waals surface area contributed by atoms with E-state index >= 15 is 0 Å². The van der Waals surface area contributed by atoms with Crippen LogP contribution in [0.5, 0.6) is 0 Å². The number of nitrogens with one attached hydrogen (secondary N) is 1. The summed E-state index contributed by atoms with van der Waals surface area (Å²) in [6, 6.07) is 0. The summed E-state index contributed by atoms with van der Waals surface area (Å²) >= 11 is 0. The molecule has 3 fully saturated rings. The lowest BCUT2D eigenvalue weighted by Crippen LogP contribution is -2.52. The van der Waals surface area contributed by atoms with Gasteiger partial charge in [0.25, 0.3) is 0 Å². The molecule has 1 N–H and O–H groups in total. The third kappa shape index (κ3) is 0.882. The zero-order chi connectivity index (χ0) is 8.02. The van der Waals surface area contributed by atoms with E-state index < -0.39 is 0 Å². The van der Waals surface area contributed by atoms with Gasteiger partial charge in [0.1, 0.15) is 0 Å². The van der Waals surface area contributed by atoms with Gasteiger partial charge in [-0.1, -0.05) is 0 Å². The predicted octanol–water partition coefficient (Wildman–Crippen LogP) is 1.16. The van der Waals surface area contributed by atoms with Crippen molar-refractivity contribution >= 4 is 0 Å². The first-order chi connectivity index (χ1) is 5.89. The molecule has 2 nitrogen and oxygen atoms in total. The van der Waals surface area contributed by atoms with Crippen molar-refractivity contribution < 1.29 is 4.74 Å². The van der Waals surface area contributed by atoms with Crippen LogP contribution in [-0.4, -0.2) is 25.3 Å². The van der Waals surface area contributed by atoms with Gasteiger partial charge in [-0.25, -0.2) is 0 Å². The van der Waals surface area contributed by atoms with Crippen molar-refractivity contribution in [3.63, 3.8) is 0 Å². The van der Waals surface area contributed by atoms with Crippen molar-refractivity contribution in [3.05, 3.63) is 0 Å². The molecular weight excluding hydrogens is 150 g/mol. The van der Waals surface area contributed by atoms with Crippen LogP contribution in [0.15, 0.2) is 0 Å². The van der Waals surface area contributed by atoms with Crippen molar-refractivity contribution in [2.75, 3.05) is 19.7 Å². The van der Waals surface area contributed by atoms with Crippen LogP contribution in [0.1, 0.15) is 25.7 Å². The number of rotatable bonds is 0. The SMILES string of the molecule is C1CO[C@@]2(CN1)C[C@H]1CC[C@H]2C1. The highest BCUT2D eigenvalue weighted by atomic mass is 16.5. The van der Waals surface area contributed by atoms with Gasteiger partial charge < -0.3 is 10.1 Å². The Kier molecular flexibility index (Phi) is 1.50. The third-order valence-corrected chi connectivity index (χ3v) is 4.01. The Morgan fingerprint density at radius 2 is 2.33 bits per heavy atom. The standard InChI is InChI=1S/C10H17NO/c1-2-9-5-8(1)6-10(9)7-11-3-4-12-10/h8-9,11H,1-7H2/t8-,9-,10+/m0/s1. The monoisotopic (exact) mass is 167 g/mol. The predicted molar refractivity (Wildman–Crippen MR) is 47.0 cm³/mol. The van der Waals surface area contributed by atoms with Crippen LogP contribution in [0.3, 0.4) is 0 Å². The average Bonchev–Trinajstić information content (AvgIpc) is 2.65. The van der Waals surface area contributed by atoms with E-state index in [0.717, 1.165) is 31.5 Å². The van der Waals surface area contributed by atoms with Gasteiger partial charge in [-0.3, -0.25) is 0 Å². The van der Waals surface area contributed by atoms with Crippen molar-refractivity contribution in [2.24, 2.45) is 11.8 Å². The molecule has 2 bridgehead atoms. The van der Waals surface area contributed by atoms with E-state index in [0.29, 0.717) is 0 Å². The van der Waals surface area contributed by atoms with E-state index in [9.17, 15) is 0 Å². The summed E-state index contributed by atoms with van der Waals surface area (Å²) in [5.41, 5.74) is 0.279. The largest absolute Gasteiger partial charge is 0.372 e. The molecule has 2 aliphatic carbocycles. The highest BCUT2D eigenvalue weighted by Gasteiger charge is 2.52. The van der Waals surface area contributed by atoms with Crippen LogP contribution in [0.2, 0.25) is 0 Å². The fourth-order valence-corrected chi connectivity index (χ4v) is 3.46. The molecule has 0 amide bonds. The highest BCUT2D eigenvalue weighted by Crippen LogP contribution is 2.52. The van der Waals surface area contributed by atoms with Crippen LogP contribution >= 0.6 is 0 Å². The molecule has 3 atom stereocenters. The molecule has 2 saturated carbocycles. The van der Waals surface area contributed by atoms with Gasteiger partial charge in [-0.15, -0.1) is 0 Å². The van der Waals surface area contributed by atoms with E-state index in [4.69, 9.17) is 4.74 Å². The maximum atomic E-state index is 6.00. The van der Waals surface area contributed by atoms with Crippen molar-refractivity contribution in [3.8, 4) is 0 Å². The minimum atomic E-state index is 0.279. The second kappa shape index (κ2) is 2.46. The van der Waals surface area contributed by atoms with E-state index in [1.807, 2.05) is 0 Å². The minimum Gasteiger partial charge on any atom is -0.372 e. The second-order valence-corrected chi connectivity index (χ2v) is 4.67. The molecule has 2 heteroatoms. The maximum absolute atomic E-state index is 6.00. The van der Waals surface area contributed by atoms with Gasteiger partial charge in [0.15, 0.2) is 0 Å². The zero-order valence-corrected chi connectivity index (χ0v) is 7.51. The van der Waals surface area contributed by atoms with Crippen molar-refractivity contribution in [1.29, 1.82) is 0 Å². The topological polar surface area (TPSA) is 21.3 Å². The molecule has 3 aliphatic rings. The van der Waals surface area contributed by atoms with Gasteiger partial charge >= 0.3 is 0 Å². The van der Waals surface area contributed by atoms with E-state index in [2.05, 4.69) is 5.32 Å². The molecule has 1 saturated heterocycles. The van der Waals surface area contributed by atoms with Gasteiger partial charge in [0.2, 0.25) is 0 Å². The molecular formula is C10H17NO. The van der Waals surface area contributed by atoms with Gasteiger partial charge in [-0.2, -0.15) is 0 Å². The van der Waals surface area contributed by atoms with Gasteiger partial charge in [-0.05, 0) is 37.5 Å². The first-order valence-electron chi connectivity index (χ1n) is 5.24. The van der Waals surface area contributed by atoms with Crippen LogP contribution in [-0.2, 0) is 4.74 Å². The summed E-state index contributed by atoms with van der Waals surface area (Å²) in [5, 5.41) is 3.48. The Bertz CT molecular complexity index is 186. The quantitative estimate of drug-likeness (QED) is 0.584. The lowest BCUT2D eigenvalue weighted by molar-refractivity contribution is -0.0999. The Hall–Kier alpha value is -0.0800. The van der Waals surface area contributed by atoms with Gasteiger partial charge in [0, 0.05) is 13.1 Å². The van der Waals surface area contributed by atoms with Crippen LogP contribution in [0.25, 0.3) is 0 Å². The molecule has 0 aromatic rings. The highest BCUT2D eigenvalue weighted by molar-refractivity contribution is 5.04. The van der Waals surface area contributed by atoms with Crippen molar-refractivity contribution in [1.82, 2.24) is 5.32 Å². The minimum absolute atomic E-state index is 0.279. The molecule has 3 rings (SSSR count). The number of hydrogen-bond donors (Lipinski definition) is 1. The number of ether oxygens (including phenoxy) is 1. The second-order valence-electron chi connectivity index (χ2n) is 4.67. The van der Waals surface area contributed by atoms with Crippen LogP contribution < -0.4 is 5.32 Å². The van der Waals surface area contributed by atoms with E-state index in [-0.39, 0.29) is 5.60 Å². The first kappa shape index (κ1) is 7.34. The number of fused-ring (bicyclic) bond motifs is 3. The molecule has 1 heterocycles. The summed E-state index contributed by atoms with van der Waals surface area (Å²) in [5.74, 6) is 1.88. The third-order valence-electron chi connectivity index (χ3n) is 4.01. The summed E-state index contributed by atoms with van der Waals surface area (Å²) in [7, 11) is 0. The Labute approximate surface area is 73.7 Å². The fraction of sp³-hybridized carbons (Fsp3) is 1.00. The molecule has 0 aromatic carbocycles. The van der Waals surface area contributed by atoms with Crippen LogP contribution in [0.4, 0.5) is 0 Å². The smallest absolute Gasteiger partial charge is 0.0837 e. The molecule has 1 spiro atoms. The summed E-state index contributed by atoms with van der Waals surface area (Å²) in [6.07, 6.45) is 5.68. The normalized spacial score (nSPS) is 52.0. The number of hydrogen-bond acceptors (Lipinski definition) is 2. The van der Waals surface area contributed by atoms with E-state index in [1.165, 1.54) is 25.7 Å². The fourth-order valence-electron chi connectivity index (χ4n) is 3.46. The molecule has 1 aliphatic heterocycles. The Morgan fingerprint density at radius 3 is 2.92 bits per heavy atom. The molecule has 0 unspecified atom stereocenters. The molecule has 0 radical (unpaired) electrons. The Balaban J connectivity index is 1.81.